The lowest BCUT2D eigenvalue weighted by Crippen LogP contribution is -2.42. The molecule has 5 nitrogen and oxygen atoms in total. The Morgan fingerprint density at radius 3 is 2.78 bits per heavy atom. The van der Waals surface area contributed by atoms with E-state index in [9.17, 15) is 4.79 Å². The zero-order valence-corrected chi connectivity index (χ0v) is 14.4. The van der Waals surface area contributed by atoms with Gasteiger partial charge in [-0.1, -0.05) is 19.1 Å². The highest BCUT2D eigenvalue weighted by molar-refractivity contribution is 5.82. The Balaban J connectivity index is 1.85. The van der Waals surface area contributed by atoms with Gasteiger partial charge in [-0.2, -0.15) is 0 Å². The van der Waals surface area contributed by atoms with E-state index in [2.05, 4.69) is 46.8 Å². The van der Waals surface area contributed by atoms with Crippen LogP contribution in [-0.4, -0.2) is 29.3 Å². The Hall–Kier alpha value is -2.01. The Kier molecular flexibility index (Phi) is 5.66. The molecule has 0 aliphatic heterocycles. The summed E-state index contributed by atoms with van der Waals surface area (Å²) in [6.45, 7) is 9.00. The molecule has 2 aromatic rings. The van der Waals surface area contributed by atoms with Crippen LogP contribution < -0.4 is 10.6 Å². The van der Waals surface area contributed by atoms with Crippen molar-refractivity contribution in [2.45, 2.75) is 52.3 Å². The van der Waals surface area contributed by atoms with E-state index in [4.69, 9.17) is 4.74 Å². The molecule has 1 heterocycles. The molecule has 1 aromatic carbocycles. The first-order valence-electron chi connectivity index (χ1n) is 8.14. The second-order valence-corrected chi connectivity index (χ2v) is 6.72. The van der Waals surface area contributed by atoms with Crippen LogP contribution in [0.2, 0.25) is 0 Å². The van der Waals surface area contributed by atoms with Gasteiger partial charge in [-0.15, -0.1) is 0 Å². The quantitative estimate of drug-likeness (QED) is 0.763. The summed E-state index contributed by atoms with van der Waals surface area (Å²) in [6.07, 6.45) is 2.51. The van der Waals surface area contributed by atoms with Crippen molar-refractivity contribution in [2.24, 2.45) is 0 Å². The molecule has 0 spiro atoms. The van der Waals surface area contributed by atoms with E-state index in [1.54, 1.807) is 0 Å². The minimum atomic E-state index is -0.469. The van der Waals surface area contributed by atoms with Crippen molar-refractivity contribution in [3.05, 3.63) is 36.0 Å². The number of carbonyl (C=O) groups excluding carboxylic acids is 1. The van der Waals surface area contributed by atoms with Gasteiger partial charge in [0.1, 0.15) is 5.60 Å². The lowest BCUT2D eigenvalue weighted by molar-refractivity contribution is 0.0522. The van der Waals surface area contributed by atoms with Gasteiger partial charge in [0.25, 0.3) is 0 Å². The van der Waals surface area contributed by atoms with Crippen molar-refractivity contribution < 1.29 is 9.53 Å². The number of alkyl carbamates (subject to hydrolysis) is 1. The van der Waals surface area contributed by atoms with Crippen LogP contribution in [0.3, 0.4) is 0 Å². The zero-order valence-electron chi connectivity index (χ0n) is 14.4. The van der Waals surface area contributed by atoms with Crippen molar-refractivity contribution in [1.82, 2.24) is 15.6 Å². The number of nitrogens with one attached hydrogen (secondary N) is 3. The van der Waals surface area contributed by atoms with Crippen molar-refractivity contribution in [2.75, 3.05) is 6.54 Å². The van der Waals surface area contributed by atoms with Crippen LogP contribution in [-0.2, 0) is 11.3 Å². The molecule has 0 fully saturated rings. The van der Waals surface area contributed by atoms with Crippen LogP contribution in [0.4, 0.5) is 4.79 Å². The molecule has 1 amide bonds. The Bertz CT molecular complexity index is 643. The Labute approximate surface area is 137 Å². The predicted molar refractivity (Wildman–Crippen MR) is 93.5 cm³/mol. The summed E-state index contributed by atoms with van der Waals surface area (Å²) in [5.74, 6) is 0. The summed E-state index contributed by atoms with van der Waals surface area (Å²) in [5.41, 5.74) is 1.92. The summed E-state index contributed by atoms with van der Waals surface area (Å²) >= 11 is 0. The van der Waals surface area contributed by atoms with E-state index in [-0.39, 0.29) is 12.1 Å². The largest absolute Gasteiger partial charge is 0.444 e. The van der Waals surface area contributed by atoms with Gasteiger partial charge in [0, 0.05) is 36.2 Å². The molecule has 1 atom stereocenters. The molecular weight excluding hydrogens is 290 g/mol. The molecular formula is C18H27N3O2. The molecule has 126 valence electrons. The number of hydrogen-bond acceptors (Lipinski definition) is 3. The molecule has 0 bridgehead atoms. The lowest BCUT2D eigenvalue weighted by atomic mass is 10.1. The van der Waals surface area contributed by atoms with Crippen LogP contribution in [0.25, 0.3) is 10.9 Å². The third-order valence-corrected chi connectivity index (χ3v) is 3.65. The van der Waals surface area contributed by atoms with Gasteiger partial charge in [-0.05, 0) is 44.9 Å². The number of rotatable bonds is 6. The van der Waals surface area contributed by atoms with Crippen molar-refractivity contribution in [3.8, 4) is 0 Å². The van der Waals surface area contributed by atoms with Gasteiger partial charge in [0.15, 0.2) is 0 Å². The maximum Gasteiger partial charge on any atom is 0.407 e. The number of benzene rings is 1. The van der Waals surface area contributed by atoms with Crippen molar-refractivity contribution in [1.29, 1.82) is 0 Å². The maximum absolute atomic E-state index is 11.7. The third kappa shape index (κ3) is 5.28. The van der Waals surface area contributed by atoms with Crippen molar-refractivity contribution >= 4 is 17.0 Å². The molecule has 3 N–H and O–H groups in total. The monoisotopic (exact) mass is 317 g/mol. The van der Waals surface area contributed by atoms with Gasteiger partial charge in [0.05, 0.1) is 0 Å². The normalized spacial score (nSPS) is 13.0. The number of carbonyl (C=O) groups is 1. The summed E-state index contributed by atoms with van der Waals surface area (Å²) in [4.78, 5) is 15.0. The van der Waals surface area contributed by atoms with E-state index in [0.29, 0.717) is 6.54 Å². The minimum Gasteiger partial charge on any atom is -0.444 e. The van der Waals surface area contributed by atoms with Crippen LogP contribution in [0, 0.1) is 0 Å². The molecule has 0 radical (unpaired) electrons. The van der Waals surface area contributed by atoms with E-state index in [1.165, 1.54) is 10.9 Å². The summed E-state index contributed by atoms with van der Waals surface area (Å²) in [7, 11) is 0. The Morgan fingerprint density at radius 2 is 2.09 bits per heavy atom. The molecule has 5 heteroatoms. The first kappa shape index (κ1) is 17.3. The summed E-state index contributed by atoms with van der Waals surface area (Å²) < 4.78 is 5.26. The highest BCUT2D eigenvalue weighted by Gasteiger charge is 2.17. The number of ether oxygens (including phenoxy) is 1. The van der Waals surface area contributed by atoms with Gasteiger partial charge in [0.2, 0.25) is 0 Å². The maximum atomic E-state index is 11.7. The fourth-order valence-corrected chi connectivity index (χ4v) is 2.44. The van der Waals surface area contributed by atoms with Gasteiger partial charge < -0.3 is 20.4 Å². The number of H-pyrrole nitrogens is 1. The number of aromatic amines is 1. The van der Waals surface area contributed by atoms with Crippen LogP contribution in [0.1, 0.15) is 39.7 Å². The van der Waals surface area contributed by atoms with Gasteiger partial charge >= 0.3 is 6.09 Å². The zero-order chi connectivity index (χ0) is 16.9. The Morgan fingerprint density at radius 1 is 1.30 bits per heavy atom. The molecule has 0 aliphatic rings. The third-order valence-electron chi connectivity index (χ3n) is 3.65. The highest BCUT2D eigenvalue weighted by atomic mass is 16.6. The second kappa shape index (κ2) is 7.51. The van der Waals surface area contributed by atoms with Gasteiger partial charge in [-0.25, -0.2) is 4.79 Å². The highest BCUT2D eigenvalue weighted by Crippen LogP contribution is 2.17. The predicted octanol–water partition coefficient (Wildman–Crippen LogP) is 3.56. The molecule has 0 aliphatic carbocycles. The molecule has 23 heavy (non-hydrogen) atoms. The van der Waals surface area contributed by atoms with E-state index in [0.717, 1.165) is 18.5 Å². The average Bonchev–Trinajstić information content (AvgIpc) is 2.94. The molecule has 1 aromatic heterocycles. The minimum absolute atomic E-state index is 0.205. The van der Waals surface area contributed by atoms with E-state index in [1.807, 2.05) is 27.0 Å². The van der Waals surface area contributed by atoms with Crippen LogP contribution in [0.5, 0.6) is 0 Å². The summed E-state index contributed by atoms with van der Waals surface area (Å²) in [6, 6.07) is 8.54. The first-order chi connectivity index (χ1) is 10.9. The SMILES string of the molecule is CCC(CNC(=O)OC(C)(C)C)NCc1cccc2[nH]ccc12. The second-order valence-electron chi connectivity index (χ2n) is 6.72. The number of hydrogen-bond donors (Lipinski definition) is 3. The summed E-state index contributed by atoms with van der Waals surface area (Å²) in [5, 5.41) is 7.56. The first-order valence-corrected chi connectivity index (χ1v) is 8.14. The number of fused-ring (bicyclic) bond motifs is 1. The molecule has 1 unspecified atom stereocenters. The van der Waals surface area contributed by atoms with E-state index < -0.39 is 5.60 Å². The smallest absolute Gasteiger partial charge is 0.407 e. The molecule has 0 saturated heterocycles. The fourth-order valence-electron chi connectivity index (χ4n) is 2.44. The van der Waals surface area contributed by atoms with E-state index >= 15 is 0 Å². The van der Waals surface area contributed by atoms with Crippen LogP contribution >= 0.6 is 0 Å². The standard InChI is InChI=1S/C18H27N3O2/c1-5-14(12-21-17(22)23-18(2,3)4)20-11-13-7-6-8-16-15(13)9-10-19-16/h6-10,14,19-20H,5,11-12H2,1-4H3,(H,21,22). The van der Waals surface area contributed by atoms with Gasteiger partial charge in [-0.3, -0.25) is 0 Å². The average molecular weight is 317 g/mol. The molecule has 0 saturated carbocycles. The lowest BCUT2D eigenvalue weighted by Gasteiger charge is -2.22. The number of aromatic nitrogens is 1. The fraction of sp³-hybridized carbons (Fsp3) is 0.500. The topological polar surface area (TPSA) is 66.2 Å². The number of amides is 1. The molecule has 2 rings (SSSR count). The van der Waals surface area contributed by atoms with Crippen LogP contribution in [0.15, 0.2) is 30.5 Å². The van der Waals surface area contributed by atoms with Crippen molar-refractivity contribution in [3.63, 3.8) is 0 Å².